The van der Waals surface area contributed by atoms with Crippen LogP contribution >= 0.6 is 23.2 Å². The molecule has 6 nitrogen and oxygen atoms in total. The average molecular weight is 585 g/mol. The number of nitrogens with one attached hydrogen (secondary N) is 1. The van der Waals surface area contributed by atoms with Gasteiger partial charge in [-0.1, -0.05) is 90.5 Å². The van der Waals surface area contributed by atoms with Crippen LogP contribution in [0.2, 0.25) is 10.0 Å². The van der Waals surface area contributed by atoms with Gasteiger partial charge in [-0.2, -0.15) is 5.01 Å². The van der Waals surface area contributed by atoms with Crippen molar-refractivity contribution >= 4 is 51.5 Å². The van der Waals surface area contributed by atoms with Gasteiger partial charge in [-0.3, -0.25) is 15.0 Å². The first-order valence-electron chi connectivity index (χ1n) is 13.1. The molecular weight excluding hydrogens is 559 g/mol. The Balaban J connectivity index is 1.60. The van der Waals surface area contributed by atoms with Crippen LogP contribution in [-0.4, -0.2) is 29.0 Å². The maximum Gasteiger partial charge on any atom is 0.260 e. The second-order valence-corrected chi connectivity index (χ2v) is 11.0. The van der Waals surface area contributed by atoms with E-state index in [4.69, 9.17) is 27.9 Å². The zero-order valence-corrected chi connectivity index (χ0v) is 23.6. The third-order valence-electron chi connectivity index (χ3n) is 8.21. The second-order valence-electron chi connectivity index (χ2n) is 10.2. The van der Waals surface area contributed by atoms with Crippen molar-refractivity contribution in [2.24, 2.45) is 5.92 Å². The van der Waals surface area contributed by atoms with E-state index in [0.29, 0.717) is 39.4 Å². The molecule has 1 fully saturated rings. The topological polar surface area (TPSA) is 78.9 Å². The van der Waals surface area contributed by atoms with Crippen LogP contribution in [0.4, 0.5) is 5.69 Å². The van der Waals surface area contributed by atoms with E-state index in [-0.39, 0.29) is 10.8 Å². The third kappa shape index (κ3) is 4.09. The molecule has 206 valence electrons. The smallest absolute Gasteiger partial charge is 0.260 e. The number of phenols is 1. The molecular formula is C33H26Cl2N2O4. The van der Waals surface area contributed by atoms with Gasteiger partial charge < -0.3 is 9.84 Å². The second kappa shape index (κ2) is 10.3. The van der Waals surface area contributed by atoms with Crippen LogP contribution in [0, 0.1) is 5.92 Å². The number of hydrogen-bond acceptors (Lipinski definition) is 5. The number of fused-ring (bicyclic) bond motifs is 2. The number of aromatic hydroxyl groups is 1. The van der Waals surface area contributed by atoms with Crippen LogP contribution in [0.3, 0.4) is 0 Å². The number of carbonyl (C=O) groups excluding carboxylic acids is 2. The number of nitrogens with zero attached hydrogens (tertiary/aromatic N) is 1. The summed E-state index contributed by atoms with van der Waals surface area (Å²) in [5, 5.41) is 14.9. The number of hydrogen-bond donors (Lipinski definition) is 2. The van der Waals surface area contributed by atoms with Crippen LogP contribution in [0.5, 0.6) is 11.5 Å². The zero-order chi connectivity index (χ0) is 28.9. The highest BCUT2D eigenvalue weighted by Gasteiger charge is 2.66. The van der Waals surface area contributed by atoms with Gasteiger partial charge in [0.05, 0.1) is 29.2 Å². The number of phenolic OH excluding ortho intramolecular Hbond substituents is 1. The Labute approximate surface area is 247 Å². The fourth-order valence-electron chi connectivity index (χ4n) is 6.33. The van der Waals surface area contributed by atoms with E-state index in [2.05, 4.69) is 12.0 Å². The van der Waals surface area contributed by atoms with Gasteiger partial charge in [0.2, 0.25) is 0 Å². The first-order valence-corrected chi connectivity index (χ1v) is 13.8. The van der Waals surface area contributed by atoms with Gasteiger partial charge in [0.25, 0.3) is 11.8 Å². The largest absolute Gasteiger partial charge is 0.507 e. The molecule has 0 saturated carbocycles. The van der Waals surface area contributed by atoms with Gasteiger partial charge >= 0.3 is 0 Å². The molecule has 4 aromatic rings. The van der Waals surface area contributed by atoms with Crippen molar-refractivity contribution in [1.29, 1.82) is 0 Å². The highest BCUT2D eigenvalue weighted by atomic mass is 35.5. The standard InChI is InChI=1S/C33H26Cl2N2O4/c1-3-19-9-16-26-31(39)37(36-28-17-12-22(34)18-27(28)35)32(40)33(26,21-10-13-23(41-2)14-11-21)29(19)25-15-8-20-6-4-5-7-24(20)30(25)38/h3-15,17-18,26,29,36,38H,1,16H2,2H3/t26-,29+,33+/m0/s1. The minimum absolute atomic E-state index is 0.0572. The number of allylic oxidation sites excluding steroid dienone is 3. The van der Waals surface area contributed by atoms with E-state index < -0.39 is 29.1 Å². The van der Waals surface area contributed by atoms with Crippen LogP contribution in [0.1, 0.15) is 23.5 Å². The molecule has 1 heterocycles. The monoisotopic (exact) mass is 584 g/mol. The molecule has 0 radical (unpaired) electrons. The first-order chi connectivity index (χ1) is 19.8. The van der Waals surface area contributed by atoms with Crippen molar-refractivity contribution in [2.45, 2.75) is 17.8 Å². The molecule has 3 atom stereocenters. The molecule has 0 bridgehead atoms. The molecule has 6 rings (SSSR count). The predicted molar refractivity (Wildman–Crippen MR) is 161 cm³/mol. The lowest BCUT2D eigenvalue weighted by Crippen LogP contribution is -2.48. The van der Waals surface area contributed by atoms with Crippen LogP contribution < -0.4 is 10.2 Å². The molecule has 2 N–H and O–H groups in total. The Morgan fingerprint density at radius 2 is 1.80 bits per heavy atom. The van der Waals surface area contributed by atoms with Gasteiger partial charge in [0.1, 0.15) is 11.5 Å². The fourth-order valence-corrected chi connectivity index (χ4v) is 6.78. The van der Waals surface area contributed by atoms with E-state index in [1.54, 1.807) is 37.5 Å². The molecule has 4 aromatic carbocycles. The number of halogens is 2. The molecule has 1 aliphatic carbocycles. The summed E-state index contributed by atoms with van der Waals surface area (Å²) in [6.45, 7) is 4.04. The van der Waals surface area contributed by atoms with Crippen molar-refractivity contribution in [2.75, 3.05) is 12.5 Å². The van der Waals surface area contributed by atoms with Crippen molar-refractivity contribution in [3.63, 3.8) is 0 Å². The molecule has 0 aromatic heterocycles. The normalized spacial score (nSPS) is 21.9. The van der Waals surface area contributed by atoms with Crippen molar-refractivity contribution < 1.29 is 19.4 Å². The SMILES string of the molecule is C=CC1=CC[C@H]2C(=O)N(Nc3ccc(Cl)cc3Cl)C(=O)[C@@]2(c2ccc(OC)cc2)[C@H]1c1ccc2ccccc2c1O. The van der Waals surface area contributed by atoms with Gasteiger partial charge in [0, 0.05) is 21.9 Å². The van der Waals surface area contributed by atoms with E-state index in [9.17, 15) is 14.7 Å². The lowest BCUT2D eigenvalue weighted by molar-refractivity contribution is -0.138. The summed E-state index contributed by atoms with van der Waals surface area (Å²) in [4.78, 5) is 29.0. The van der Waals surface area contributed by atoms with Crippen molar-refractivity contribution in [1.82, 2.24) is 5.01 Å². The van der Waals surface area contributed by atoms with Crippen LogP contribution in [-0.2, 0) is 15.0 Å². The molecule has 2 aliphatic rings. The number of anilines is 1. The van der Waals surface area contributed by atoms with Crippen LogP contribution in [0.25, 0.3) is 10.8 Å². The maximum atomic E-state index is 14.8. The van der Waals surface area contributed by atoms with Gasteiger partial charge in [0.15, 0.2) is 0 Å². The molecule has 0 spiro atoms. The fraction of sp³-hybridized carbons (Fsp3) is 0.152. The summed E-state index contributed by atoms with van der Waals surface area (Å²) in [7, 11) is 1.57. The maximum absolute atomic E-state index is 14.8. The zero-order valence-electron chi connectivity index (χ0n) is 22.1. The van der Waals surface area contributed by atoms with E-state index in [1.165, 1.54) is 6.07 Å². The summed E-state index contributed by atoms with van der Waals surface area (Å²) in [5.41, 5.74) is 3.82. The number of methoxy groups -OCH3 is 1. The first kappa shape index (κ1) is 26.9. The minimum atomic E-state index is -1.41. The van der Waals surface area contributed by atoms with E-state index in [0.717, 1.165) is 16.0 Å². The number of amides is 2. The molecule has 1 saturated heterocycles. The lowest BCUT2D eigenvalue weighted by Gasteiger charge is -2.43. The van der Waals surface area contributed by atoms with Crippen LogP contribution in [0.15, 0.2) is 103 Å². The quantitative estimate of drug-likeness (QED) is 0.231. The van der Waals surface area contributed by atoms with Crippen molar-refractivity contribution in [3.05, 3.63) is 124 Å². The van der Waals surface area contributed by atoms with Gasteiger partial charge in [-0.05, 0) is 53.3 Å². The Bertz CT molecular complexity index is 1750. The van der Waals surface area contributed by atoms with Gasteiger partial charge in [-0.15, -0.1) is 0 Å². The molecule has 8 heteroatoms. The molecule has 41 heavy (non-hydrogen) atoms. The highest BCUT2D eigenvalue weighted by Crippen LogP contribution is 2.59. The molecule has 1 aliphatic heterocycles. The number of hydrazine groups is 1. The van der Waals surface area contributed by atoms with Gasteiger partial charge in [-0.25, -0.2) is 0 Å². The third-order valence-corrected chi connectivity index (χ3v) is 8.76. The van der Waals surface area contributed by atoms with E-state index >= 15 is 0 Å². The Hall–Kier alpha value is -4.26. The number of benzene rings is 4. The summed E-state index contributed by atoms with van der Waals surface area (Å²) >= 11 is 12.5. The summed E-state index contributed by atoms with van der Waals surface area (Å²) in [6, 6.07) is 23.2. The average Bonchev–Trinajstić information content (AvgIpc) is 3.20. The summed E-state index contributed by atoms with van der Waals surface area (Å²) < 4.78 is 5.39. The summed E-state index contributed by atoms with van der Waals surface area (Å²) in [6.07, 6.45) is 3.93. The molecule has 2 amide bonds. The summed E-state index contributed by atoms with van der Waals surface area (Å²) in [5.74, 6) is -1.69. The Kier molecular flexibility index (Phi) is 6.76. The number of rotatable bonds is 6. The predicted octanol–water partition coefficient (Wildman–Crippen LogP) is 7.41. The van der Waals surface area contributed by atoms with E-state index in [1.807, 2.05) is 54.6 Å². The number of imide groups is 1. The number of carbonyl (C=O) groups is 2. The Morgan fingerprint density at radius 3 is 2.51 bits per heavy atom. The molecule has 0 unspecified atom stereocenters. The highest BCUT2D eigenvalue weighted by molar-refractivity contribution is 6.36. The lowest BCUT2D eigenvalue weighted by atomic mass is 9.56. The Morgan fingerprint density at radius 1 is 1.05 bits per heavy atom. The van der Waals surface area contributed by atoms with Crippen molar-refractivity contribution in [3.8, 4) is 11.5 Å². The minimum Gasteiger partial charge on any atom is -0.507 e. The number of ether oxygens (including phenoxy) is 1.